The minimum absolute atomic E-state index is 0.0567. The Morgan fingerprint density at radius 3 is 0.917 bits per heavy atom. The fraction of sp³-hybridized carbons (Fsp3) is 0.953. The quantitative estimate of drug-likeness (QED) is 0.0515. The molecule has 5 nitrogen and oxygen atoms in total. The molecule has 286 valence electrons. The van der Waals surface area contributed by atoms with E-state index in [2.05, 4.69) is 13.8 Å². The number of hydrogen-bond donors (Lipinski definition) is 1. The highest BCUT2D eigenvalue weighted by Crippen LogP contribution is 2.16. The van der Waals surface area contributed by atoms with E-state index in [4.69, 9.17) is 9.47 Å². The molecule has 48 heavy (non-hydrogen) atoms. The van der Waals surface area contributed by atoms with Crippen molar-refractivity contribution < 1.29 is 24.2 Å². The van der Waals surface area contributed by atoms with Crippen molar-refractivity contribution in [2.75, 3.05) is 13.2 Å². The minimum atomic E-state index is -0.761. The summed E-state index contributed by atoms with van der Waals surface area (Å²) in [6, 6.07) is 0. The van der Waals surface area contributed by atoms with E-state index in [9.17, 15) is 14.7 Å². The third-order valence-electron chi connectivity index (χ3n) is 9.90. The maximum Gasteiger partial charge on any atom is 0.306 e. The van der Waals surface area contributed by atoms with Crippen LogP contribution in [0.3, 0.4) is 0 Å². The maximum atomic E-state index is 12.2. The number of aliphatic hydroxyl groups excluding tert-OH is 1. The molecule has 0 rings (SSSR count). The van der Waals surface area contributed by atoms with E-state index < -0.39 is 6.10 Å². The monoisotopic (exact) mass is 681 g/mol. The Kier molecular flexibility index (Phi) is 39.4. The van der Waals surface area contributed by atoms with Gasteiger partial charge in [-0.05, 0) is 12.8 Å². The normalized spacial score (nSPS) is 12.0. The van der Waals surface area contributed by atoms with Crippen LogP contribution >= 0.6 is 0 Å². The third-order valence-corrected chi connectivity index (χ3v) is 9.90. The van der Waals surface area contributed by atoms with Crippen LogP contribution in [0, 0.1) is 0 Å². The Hall–Kier alpha value is -1.10. The first-order valence-corrected chi connectivity index (χ1v) is 21.6. The van der Waals surface area contributed by atoms with Gasteiger partial charge in [-0.15, -0.1) is 0 Å². The fourth-order valence-corrected chi connectivity index (χ4v) is 6.62. The van der Waals surface area contributed by atoms with Gasteiger partial charge in [-0.25, -0.2) is 0 Å². The van der Waals surface area contributed by atoms with Crippen LogP contribution in [0.15, 0.2) is 0 Å². The van der Waals surface area contributed by atoms with E-state index in [1.807, 2.05) is 0 Å². The molecule has 0 aliphatic heterocycles. The molecule has 0 aromatic rings. The summed E-state index contributed by atoms with van der Waals surface area (Å²) in [6.45, 7) is 4.17. The summed E-state index contributed by atoms with van der Waals surface area (Å²) >= 11 is 0. The summed E-state index contributed by atoms with van der Waals surface area (Å²) in [6.07, 6.45) is 44.6. The number of hydrogen-bond acceptors (Lipinski definition) is 5. The van der Waals surface area contributed by atoms with Gasteiger partial charge >= 0.3 is 11.9 Å². The van der Waals surface area contributed by atoms with E-state index in [0.29, 0.717) is 12.8 Å². The number of rotatable bonds is 40. The summed E-state index contributed by atoms with van der Waals surface area (Å²) in [5, 5.41) is 9.56. The molecule has 0 amide bonds. The van der Waals surface area contributed by atoms with Gasteiger partial charge in [0, 0.05) is 12.8 Å². The molecule has 0 fully saturated rings. The van der Waals surface area contributed by atoms with Crippen LogP contribution in [0.1, 0.15) is 245 Å². The molecule has 0 unspecified atom stereocenters. The van der Waals surface area contributed by atoms with Crippen molar-refractivity contribution in [1.29, 1.82) is 0 Å². The van der Waals surface area contributed by atoms with Gasteiger partial charge < -0.3 is 14.6 Å². The van der Waals surface area contributed by atoms with Gasteiger partial charge in [-0.1, -0.05) is 219 Å². The van der Waals surface area contributed by atoms with Gasteiger partial charge in [-0.3, -0.25) is 9.59 Å². The van der Waals surface area contributed by atoms with Crippen LogP contribution in [-0.4, -0.2) is 36.4 Å². The topological polar surface area (TPSA) is 72.8 Å². The van der Waals surface area contributed by atoms with Crippen LogP contribution in [-0.2, 0) is 19.1 Å². The van der Waals surface area contributed by atoms with E-state index in [1.54, 1.807) is 0 Å². The van der Waals surface area contributed by atoms with Crippen molar-refractivity contribution >= 4 is 11.9 Å². The zero-order chi connectivity index (χ0) is 35.0. The number of unbranched alkanes of at least 4 members (excludes halogenated alkanes) is 32. The van der Waals surface area contributed by atoms with Crippen LogP contribution in [0.5, 0.6) is 0 Å². The smallest absolute Gasteiger partial charge is 0.306 e. The van der Waals surface area contributed by atoms with Gasteiger partial charge in [0.25, 0.3) is 0 Å². The minimum Gasteiger partial charge on any atom is -0.462 e. The Morgan fingerprint density at radius 2 is 0.646 bits per heavy atom. The highest BCUT2D eigenvalue weighted by Gasteiger charge is 2.16. The lowest BCUT2D eigenvalue weighted by atomic mass is 10.0. The Labute approximate surface area is 299 Å². The van der Waals surface area contributed by atoms with E-state index in [0.717, 1.165) is 32.1 Å². The Balaban J connectivity index is 3.45. The van der Waals surface area contributed by atoms with Gasteiger partial charge in [0.2, 0.25) is 0 Å². The highest BCUT2D eigenvalue weighted by atomic mass is 16.6. The van der Waals surface area contributed by atoms with E-state index in [1.165, 1.54) is 186 Å². The summed E-state index contributed by atoms with van der Waals surface area (Å²) < 4.78 is 10.6. The van der Waals surface area contributed by atoms with Gasteiger partial charge in [0.1, 0.15) is 6.61 Å². The lowest BCUT2D eigenvalue weighted by molar-refractivity contribution is -0.161. The molecular formula is C43H84O5. The number of carbonyl (C=O) groups excluding carboxylic acids is 2. The van der Waals surface area contributed by atoms with Gasteiger partial charge in [0.05, 0.1) is 6.61 Å². The lowest BCUT2D eigenvalue weighted by Gasteiger charge is -2.15. The molecule has 0 aromatic carbocycles. The second kappa shape index (κ2) is 40.3. The maximum absolute atomic E-state index is 12.2. The van der Waals surface area contributed by atoms with Crippen molar-refractivity contribution in [3.8, 4) is 0 Å². The van der Waals surface area contributed by atoms with Gasteiger partial charge in [-0.2, -0.15) is 0 Å². The average Bonchev–Trinajstić information content (AvgIpc) is 3.09. The van der Waals surface area contributed by atoms with Crippen molar-refractivity contribution in [3.63, 3.8) is 0 Å². The third kappa shape index (κ3) is 37.7. The molecule has 0 aromatic heterocycles. The number of carbonyl (C=O) groups is 2. The first-order chi connectivity index (χ1) is 23.6. The first kappa shape index (κ1) is 46.9. The second-order valence-electron chi connectivity index (χ2n) is 14.8. The standard InChI is InChI=1S/C43H84O5/c1-3-5-7-9-11-13-15-17-18-19-20-21-22-23-24-26-28-30-32-34-36-38-43(46)48-41(39-44)40-47-42(45)37-35-33-31-29-27-25-16-14-12-10-8-6-4-2/h41,44H,3-40H2,1-2H3/t41-/m0/s1. The molecule has 0 saturated carbocycles. The zero-order valence-corrected chi connectivity index (χ0v) is 32.5. The molecule has 5 heteroatoms. The van der Waals surface area contributed by atoms with E-state index >= 15 is 0 Å². The molecule has 0 bridgehead atoms. The number of aliphatic hydroxyl groups is 1. The van der Waals surface area contributed by atoms with Crippen LogP contribution in [0.25, 0.3) is 0 Å². The van der Waals surface area contributed by atoms with Crippen molar-refractivity contribution in [2.45, 2.75) is 251 Å². The van der Waals surface area contributed by atoms with E-state index in [-0.39, 0.29) is 25.2 Å². The predicted molar refractivity (Wildman–Crippen MR) is 205 cm³/mol. The lowest BCUT2D eigenvalue weighted by Crippen LogP contribution is -2.28. The zero-order valence-electron chi connectivity index (χ0n) is 32.5. The average molecular weight is 681 g/mol. The molecule has 0 saturated heterocycles. The second-order valence-corrected chi connectivity index (χ2v) is 14.8. The molecule has 0 spiro atoms. The Bertz CT molecular complexity index is 651. The van der Waals surface area contributed by atoms with Crippen molar-refractivity contribution in [2.24, 2.45) is 0 Å². The molecule has 0 heterocycles. The predicted octanol–water partition coefficient (Wildman–Crippen LogP) is 13.5. The largest absolute Gasteiger partial charge is 0.462 e. The fourth-order valence-electron chi connectivity index (χ4n) is 6.62. The molecule has 1 N–H and O–H groups in total. The van der Waals surface area contributed by atoms with Gasteiger partial charge in [0.15, 0.2) is 6.10 Å². The number of esters is 2. The summed E-state index contributed by atoms with van der Waals surface area (Å²) in [7, 11) is 0. The SMILES string of the molecule is CCCCCCCCCCCCCCCCCCCCCCCC(=O)O[C@@H](CO)COC(=O)CCCCCCCCCCCCCCC. The van der Waals surface area contributed by atoms with Crippen molar-refractivity contribution in [1.82, 2.24) is 0 Å². The molecular weight excluding hydrogens is 596 g/mol. The Morgan fingerprint density at radius 1 is 0.396 bits per heavy atom. The molecule has 1 atom stereocenters. The first-order valence-electron chi connectivity index (χ1n) is 21.6. The summed E-state index contributed by atoms with van der Waals surface area (Å²) in [5.41, 5.74) is 0. The molecule has 0 radical (unpaired) electrons. The van der Waals surface area contributed by atoms with Crippen LogP contribution < -0.4 is 0 Å². The highest BCUT2D eigenvalue weighted by molar-refractivity contribution is 5.70. The summed E-state index contributed by atoms with van der Waals surface area (Å²) in [4.78, 5) is 24.3. The van der Waals surface area contributed by atoms with Crippen LogP contribution in [0.2, 0.25) is 0 Å². The molecule has 0 aliphatic carbocycles. The number of ether oxygens (including phenoxy) is 2. The van der Waals surface area contributed by atoms with Crippen molar-refractivity contribution in [3.05, 3.63) is 0 Å². The van der Waals surface area contributed by atoms with Crippen LogP contribution in [0.4, 0.5) is 0 Å². The molecule has 0 aliphatic rings. The summed E-state index contributed by atoms with van der Waals surface area (Å²) in [5.74, 6) is -0.573.